The lowest BCUT2D eigenvalue weighted by molar-refractivity contribution is -0.163. The van der Waals surface area contributed by atoms with Crippen molar-refractivity contribution in [2.75, 3.05) is 19.8 Å². The van der Waals surface area contributed by atoms with Crippen LogP contribution in [0.3, 0.4) is 0 Å². The normalized spacial score (nSPS) is 12.2. The average molecular weight is 651 g/mol. The van der Waals surface area contributed by atoms with Crippen LogP contribution in [-0.2, 0) is 23.8 Å². The third kappa shape index (κ3) is 35.5. The molecule has 0 saturated heterocycles. The van der Waals surface area contributed by atoms with E-state index in [0.717, 1.165) is 51.4 Å². The number of carbonyl (C=O) groups excluding carboxylic acids is 2. The number of carbonyl (C=O) groups is 2. The molecule has 1 atom stereocenters. The Morgan fingerprint density at radius 3 is 1.33 bits per heavy atom. The third-order valence-corrected chi connectivity index (χ3v) is 8.80. The highest BCUT2D eigenvalue weighted by Gasteiger charge is 2.17. The van der Waals surface area contributed by atoms with Crippen molar-refractivity contribution in [2.24, 2.45) is 0 Å². The second-order valence-corrected chi connectivity index (χ2v) is 13.6. The highest BCUT2D eigenvalue weighted by atomic mass is 16.6. The Hall–Kier alpha value is -1.36. The third-order valence-electron chi connectivity index (χ3n) is 8.80. The highest BCUT2D eigenvalue weighted by molar-refractivity contribution is 5.70. The average Bonchev–Trinajstić information content (AvgIpc) is 3.05. The zero-order valence-corrected chi connectivity index (χ0v) is 31.1. The minimum Gasteiger partial charge on any atom is -0.462 e. The standard InChI is InChI=1S/C41H78O5/c1-4-7-10-13-15-17-19-20-21-22-23-24-26-29-31-34-40(42)45-38-39(46-41(43)35-32-28-12-9-6-3)37-44-36-33-30-27-25-18-16-14-11-8-5-2/h20-21,39H,4-19,22-38H2,1-3H3/b21-20-. The molecular weight excluding hydrogens is 572 g/mol. The van der Waals surface area contributed by atoms with Gasteiger partial charge < -0.3 is 14.2 Å². The van der Waals surface area contributed by atoms with Crippen LogP contribution in [0, 0.1) is 0 Å². The van der Waals surface area contributed by atoms with E-state index in [2.05, 4.69) is 32.9 Å². The maximum atomic E-state index is 12.5. The van der Waals surface area contributed by atoms with Gasteiger partial charge in [-0.15, -0.1) is 0 Å². The Bertz CT molecular complexity index is 661. The molecule has 0 spiro atoms. The predicted octanol–water partition coefficient (Wildman–Crippen LogP) is 12.8. The first-order valence-corrected chi connectivity index (χ1v) is 20.2. The van der Waals surface area contributed by atoms with Crippen LogP contribution in [0.5, 0.6) is 0 Å². The number of ether oxygens (including phenoxy) is 3. The molecule has 0 heterocycles. The number of rotatable bonds is 37. The highest BCUT2D eigenvalue weighted by Crippen LogP contribution is 2.13. The van der Waals surface area contributed by atoms with Crippen LogP contribution < -0.4 is 0 Å². The Morgan fingerprint density at radius 1 is 0.457 bits per heavy atom. The number of hydrogen-bond donors (Lipinski definition) is 0. The predicted molar refractivity (Wildman–Crippen MR) is 196 cm³/mol. The summed E-state index contributed by atoms with van der Waals surface area (Å²) in [5.74, 6) is -0.412. The van der Waals surface area contributed by atoms with E-state index in [0.29, 0.717) is 26.1 Å². The van der Waals surface area contributed by atoms with E-state index in [1.807, 2.05) is 0 Å². The van der Waals surface area contributed by atoms with Gasteiger partial charge >= 0.3 is 11.9 Å². The van der Waals surface area contributed by atoms with Crippen LogP contribution >= 0.6 is 0 Å². The van der Waals surface area contributed by atoms with Crippen LogP contribution in [0.15, 0.2) is 12.2 Å². The minimum atomic E-state index is -0.524. The summed E-state index contributed by atoms with van der Waals surface area (Å²) in [6.07, 6.45) is 39.4. The van der Waals surface area contributed by atoms with Crippen LogP contribution in [0.1, 0.15) is 213 Å². The van der Waals surface area contributed by atoms with E-state index in [1.54, 1.807) is 0 Å². The zero-order chi connectivity index (χ0) is 33.6. The number of esters is 2. The van der Waals surface area contributed by atoms with Crippen molar-refractivity contribution in [3.63, 3.8) is 0 Å². The fraction of sp³-hybridized carbons (Fsp3) is 0.902. The molecule has 0 aromatic carbocycles. The lowest BCUT2D eigenvalue weighted by atomic mass is 10.1. The topological polar surface area (TPSA) is 61.8 Å². The molecule has 0 bridgehead atoms. The molecule has 0 N–H and O–H groups in total. The Balaban J connectivity index is 4.07. The van der Waals surface area contributed by atoms with Crippen molar-refractivity contribution in [3.8, 4) is 0 Å². The van der Waals surface area contributed by atoms with Gasteiger partial charge in [0.15, 0.2) is 6.10 Å². The molecule has 0 aliphatic heterocycles. The fourth-order valence-corrected chi connectivity index (χ4v) is 5.74. The molecule has 5 heteroatoms. The van der Waals surface area contributed by atoms with E-state index in [9.17, 15) is 9.59 Å². The molecule has 0 aliphatic rings. The minimum absolute atomic E-state index is 0.0868. The van der Waals surface area contributed by atoms with Gasteiger partial charge in [0.05, 0.1) is 6.61 Å². The summed E-state index contributed by atoms with van der Waals surface area (Å²) in [7, 11) is 0. The molecule has 46 heavy (non-hydrogen) atoms. The molecule has 0 amide bonds. The van der Waals surface area contributed by atoms with E-state index in [-0.39, 0.29) is 18.5 Å². The molecule has 0 rings (SSSR count). The van der Waals surface area contributed by atoms with Crippen molar-refractivity contribution in [2.45, 2.75) is 219 Å². The van der Waals surface area contributed by atoms with Gasteiger partial charge in [-0.05, 0) is 44.9 Å². The van der Waals surface area contributed by atoms with Crippen LogP contribution in [0.2, 0.25) is 0 Å². The number of allylic oxidation sites excluding steroid dienone is 2. The molecular formula is C41H78O5. The van der Waals surface area contributed by atoms with E-state index in [1.165, 1.54) is 128 Å². The number of hydrogen-bond acceptors (Lipinski definition) is 5. The van der Waals surface area contributed by atoms with Crippen molar-refractivity contribution in [1.29, 1.82) is 0 Å². The molecule has 0 radical (unpaired) electrons. The van der Waals surface area contributed by atoms with E-state index < -0.39 is 6.10 Å². The van der Waals surface area contributed by atoms with Crippen molar-refractivity contribution in [1.82, 2.24) is 0 Å². The van der Waals surface area contributed by atoms with Gasteiger partial charge in [0.2, 0.25) is 0 Å². The lowest BCUT2D eigenvalue weighted by Crippen LogP contribution is -2.30. The van der Waals surface area contributed by atoms with E-state index in [4.69, 9.17) is 14.2 Å². The maximum Gasteiger partial charge on any atom is 0.306 e. The van der Waals surface area contributed by atoms with Crippen molar-refractivity contribution < 1.29 is 23.8 Å². The summed E-state index contributed by atoms with van der Waals surface area (Å²) in [6.45, 7) is 7.75. The van der Waals surface area contributed by atoms with Gasteiger partial charge in [-0.2, -0.15) is 0 Å². The number of unbranched alkanes of at least 4 members (excludes halogenated alkanes) is 24. The second-order valence-electron chi connectivity index (χ2n) is 13.6. The van der Waals surface area contributed by atoms with E-state index >= 15 is 0 Å². The first kappa shape index (κ1) is 44.6. The quantitative estimate of drug-likeness (QED) is 0.0380. The molecule has 0 saturated carbocycles. The Morgan fingerprint density at radius 2 is 0.848 bits per heavy atom. The van der Waals surface area contributed by atoms with Crippen LogP contribution in [0.4, 0.5) is 0 Å². The molecule has 0 aromatic heterocycles. The van der Waals surface area contributed by atoms with Crippen molar-refractivity contribution >= 4 is 11.9 Å². The molecule has 0 aliphatic carbocycles. The summed E-state index contributed by atoms with van der Waals surface area (Å²) in [4.78, 5) is 24.9. The summed E-state index contributed by atoms with van der Waals surface area (Å²) >= 11 is 0. The zero-order valence-electron chi connectivity index (χ0n) is 31.1. The summed E-state index contributed by atoms with van der Waals surface area (Å²) in [5.41, 5.74) is 0. The molecule has 5 nitrogen and oxygen atoms in total. The van der Waals surface area contributed by atoms with Crippen molar-refractivity contribution in [3.05, 3.63) is 12.2 Å². The fourth-order valence-electron chi connectivity index (χ4n) is 5.74. The van der Waals surface area contributed by atoms with Crippen LogP contribution in [0.25, 0.3) is 0 Å². The SMILES string of the molecule is CCCCCCCC/C=C\CCCCCCCC(=O)OCC(COCCCCCCCCCCCC)OC(=O)CCCCCCC. The molecule has 1 unspecified atom stereocenters. The van der Waals surface area contributed by atoms with Gasteiger partial charge in [0.1, 0.15) is 6.61 Å². The van der Waals surface area contributed by atoms with Gasteiger partial charge in [-0.25, -0.2) is 0 Å². The van der Waals surface area contributed by atoms with Gasteiger partial charge in [0.25, 0.3) is 0 Å². The summed E-state index contributed by atoms with van der Waals surface area (Å²) < 4.78 is 17.1. The monoisotopic (exact) mass is 651 g/mol. The molecule has 0 fully saturated rings. The smallest absolute Gasteiger partial charge is 0.306 e. The van der Waals surface area contributed by atoms with Crippen LogP contribution in [-0.4, -0.2) is 37.9 Å². The Labute approximate surface area is 286 Å². The maximum absolute atomic E-state index is 12.5. The first-order valence-electron chi connectivity index (χ1n) is 20.2. The van der Waals surface area contributed by atoms with Gasteiger partial charge in [-0.3, -0.25) is 9.59 Å². The Kier molecular flexibility index (Phi) is 37.0. The summed E-state index contributed by atoms with van der Waals surface area (Å²) in [6, 6.07) is 0. The lowest BCUT2D eigenvalue weighted by Gasteiger charge is -2.18. The van der Waals surface area contributed by atoms with Gasteiger partial charge in [0, 0.05) is 19.4 Å². The van der Waals surface area contributed by atoms with Gasteiger partial charge in [-0.1, -0.05) is 168 Å². The second kappa shape index (κ2) is 38.1. The molecule has 272 valence electrons. The largest absolute Gasteiger partial charge is 0.462 e. The first-order chi connectivity index (χ1) is 22.6. The summed E-state index contributed by atoms with van der Waals surface area (Å²) in [5, 5.41) is 0. The molecule has 0 aromatic rings.